The first-order valence-corrected chi connectivity index (χ1v) is 9.48. The summed E-state index contributed by atoms with van der Waals surface area (Å²) < 4.78 is 0. The van der Waals surface area contributed by atoms with Crippen molar-refractivity contribution < 1.29 is 4.79 Å². The molecule has 0 radical (unpaired) electrons. The van der Waals surface area contributed by atoms with E-state index in [2.05, 4.69) is 15.0 Å². The molecule has 0 saturated carbocycles. The lowest BCUT2D eigenvalue weighted by Gasteiger charge is -2.15. The predicted molar refractivity (Wildman–Crippen MR) is 108 cm³/mol. The van der Waals surface area contributed by atoms with Crippen LogP contribution in [0.2, 0.25) is 0 Å². The van der Waals surface area contributed by atoms with Gasteiger partial charge in [0, 0.05) is 29.1 Å². The summed E-state index contributed by atoms with van der Waals surface area (Å²) in [5, 5.41) is 3.67. The molecule has 134 valence electrons. The van der Waals surface area contributed by atoms with Gasteiger partial charge in [0.1, 0.15) is 16.5 Å². The van der Waals surface area contributed by atoms with Gasteiger partial charge in [-0.25, -0.2) is 15.0 Å². The highest BCUT2D eigenvalue weighted by Crippen LogP contribution is 2.24. The molecule has 4 rings (SSSR count). The fraction of sp³-hybridized carbons (Fsp3) is 0.143. The van der Waals surface area contributed by atoms with Gasteiger partial charge in [-0.15, -0.1) is 11.3 Å². The molecule has 0 atom stereocenters. The van der Waals surface area contributed by atoms with Gasteiger partial charge in [0.05, 0.1) is 12.1 Å². The summed E-state index contributed by atoms with van der Waals surface area (Å²) in [5.41, 5.74) is 3.26. The number of rotatable bonds is 4. The molecule has 0 saturated heterocycles. The Labute approximate surface area is 161 Å². The summed E-state index contributed by atoms with van der Waals surface area (Å²) >= 11 is 1.47. The normalized spacial score (nSPS) is 10.9. The lowest BCUT2D eigenvalue weighted by atomic mass is 10.2. The van der Waals surface area contributed by atoms with E-state index in [4.69, 9.17) is 0 Å². The van der Waals surface area contributed by atoms with Crippen LogP contribution in [0.25, 0.3) is 21.5 Å². The molecular formula is C21H18N4OS. The number of benzene rings is 2. The minimum absolute atomic E-state index is 0.136. The zero-order chi connectivity index (χ0) is 18.8. The van der Waals surface area contributed by atoms with Gasteiger partial charge in [0.25, 0.3) is 5.91 Å². The first kappa shape index (κ1) is 17.3. The zero-order valence-corrected chi connectivity index (χ0v) is 15.9. The number of amides is 1. The molecule has 1 amide bonds. The molecule has 0 fully saturated rings. The number of carbonyl (C=O) groups is 1. The van der Waals surface area contributed by atoms with Crippen molar-refractivity contribution in [2.24, 2.45) is 0 Å². The smallest absolute Gasteiger partial charge is 0.273 e. The average Bonchev–Trinajstić information content (AvgIpc) is 3.18. The van der Waals surface area contributed by atoms with Gasteiger partial charge in [-0.3, -0.25) is 4.79 Å². The van der Waals surface area contributed by atoms with Crippen LogP contribution < -0.4 is 0 Å². The Morgan fingerprint density at radius 2 is 1.74 bits per heavy atom. The highest BCUT2D eigenvalue weighted by atomic mass is 32.1. The largest absolute Gasteiger partial charge is 0.333 e. The maximum Gasteiger partial charge on any atom is 0.273 e. The average molecular weight is 374 g/mol. The Balaban J connectivity index is 1.54. The predicted octanol–water partition coefficient (Wildman–Crippen LogP) is 4.33. The van der Waals surface area contributed by atoms with Crippen LogP contribution in [0.3, 0.4) is 0 Å². The van der Waals surface area contributed by atoms with Crippen LogP contribution in [0, 0.1) is 6.92 Å². The van der Waals surface area contributed by atoms with Gasteiger partial charge in [-0.05, 0) is 13.0 Å². The van der Waals surface area contributed by atoms with Gasteiger partial charge in [0.2, 0.25) is 0 Å². The van der Waals surface area contributed by atoms with E-state index in [1.54, 1.807) is 17.3 Å². The number of nitrogens with zero attached hydrogens (tertiary/aromatic N) is 4. The lowest BCUT2D eigenvalue weighted by molar-refractivity contribution is 0.0776. The quantitative estimate of drug-likeness (QED) is 0.533. The van der Waals surface area contributed by atoms with Crippen molar-refractivity contribution >= 4 is 28.1 Å². The molecule has 0 bridgehead atoms. The molecule has 2 heterocycles. The summed E-state index contributed by atoms with van der Waals surface area (Å²) in [6.45, 7) is 2.30. The molecule has 2 aromatic carbocycles. The second-order valence-corrected chi connectivity index (χ2v) is 7.17. The Kier molecular flexibility index (Phi) is 4.64. The Morgan fingerprint density at radius 3 is 2.56 bits per heavy atom. The lowest BCUT2D eigenvalue weighted by Crippen LogP contribution is -2.27. The van der Waals surface area contributed by atoms with Gasteiger partial charge in [-0.2, -0.15) is 0 Å². The highest BCUT2D eigenvalue weighted by Gasteiger charge is 2.17. The summed E-state index contributed by atoms with van der Waals surface area (Å²) in [6, 6.07) is 17.8. The molecule has 27 heavy (non-hydrogen) atoms. The topological polar surface area (TPSA) is 59.0 Å². The van der Waals surface area contributed by atoms with E-state index in [1.165, 1.54) is 11.3 Å². The van der Waals surface area contributed by atoms with E-state index in [-0.39, 0.29) is 5.91 Å². The molecule has 0 spiro atoms. The number of thiazole rings is 1. The zero-order valence-electron chi connectivity index (χ0n) is 15.1. The van der Waals surface area contributed by atoms with Crippen LogP contribution in [0.4, 0.5) is 0 Å². The second kappa shape index (κ2) is 7.25. The minimum atomic E-state index is -0.136. The Morgan fingerprint density at radius 1 is 1.00 bits per heavy atom. The standard InChI is InChI=1S/C21H18N4OS/c1-14-16-10-6-7-11-17(16)23-19(22-14)12-25(2)21(26)18-13-27-20(24-18)15-8-4-3-5-9-15/h3-11,13H,12H2,1-2H3. The molecule has 2 aromatic heterocycles. The van der Waals surface area contributed by atoms with E-state index in [0.717, 1.165) is 27.2 Å². The van der Waals surface area contributed by atoms with Crippen LogP contribution in [0.1, 0.15) is 22.0 Å². The molecule has 0 unspecified atom stereocenters. The number of fused-ring (bicyclic) bond motifs is 1. The first-order valence-electron chi connectivity index (χ1n) is 8.60. The van der Waals surface area contributed by atoms with Crippen molar-refractivity contribution in [3.63, 3.8) is 0 Å². The van der Waals surface area contributed by atoms with Crippen LogP contribution in [0.5, 0.6) is 0 Å². The summed E-state index contributed by atoms with van der Waals surface area (Å²) in [4.78, 5) is 28.0. The van der Waals surface area contributed by atoms with Crippen LogP contribution in [-0.4, -0.2) is 32.8 Å². The van der Waals surface area contributed by atoms with Crippen LogP contribution in [0.15, 0.2) is 60.0 Å². The van der Waals surface area contributed by atoms with Crippen molar-refractivity contribution in [3.05, 3.63) is 77.2 Å². The summed E-state index contributed by atoms with van der Waals surface area (Å²) in [6.07, 6.45) is 0. The van der Waals surface area contributed by atoms with Crippen molar-refractivity contribution in [3.8, 4) is 10.6 Å². The monoisotopic (exact) mass is 374 g/mol. The summed E-state index contributed by atoms with van der Waals surface area (Å²) in [7, 11) is 1.75. The molecule has 0 aliphatic heterocycles. The van der Waals surface area contributed by atoms with E-state index >= 15 is 0 Å². The van der Waals surface area contributed by atoms with Crippen LogP contribution >= 0.6 is 11.3 Å². The van der Waals surface area contributed by atoms with E-state index in [1.807, 2.05) is 61.5 Å². The molecule has 5 nitrogen and oxygen atoms in total. The van der Waals surface area contributed by atoms with Crippen LogP contribution in [-0.2, 0) is 6.54 Å². The number of aryl methyl sites for hydroxylation is 1. The number of para-hydroxylation sites is 1. The molecular weight excluding hydrogens is 356 g/mol. The third kappa shape index (κ3) is 3.57. The van der Waals surface area contributed by atoms with E-state index < -0.39 is 0 Å². The van der Waals surface area contributed by atoms with Crippen molar-refractivity contribution in [2.45, 2.75) is 13.5 Å². The minimum Gasteiger partial charge on any atom is -0.333 e. The molecule has 0 N–H and O–H groups in total. The third-order valence-electron chi connectivity index (χ3n) is 4.31. The molecule has 6 heteroatoms. The number of carbonyl (C=O) groups excluding carboxylic acids is 1. The second-order valence-electron chi connectivity index (χ2n) is 6.31. The van der Waals surface area contributed by atoms with Gasteiger partial charge in [0.15, 0.2) is 0 Å². The summed E-state index contributed by atoms with van der Waals surface area (Å²) in [5.74, 6) is 0.489. The first-order chi connectivity index (χ1) is 13.1. The van der Waals surface area contributed by atoms with Gasteiger partial charge in [-0.1, -0.05) is 48.5 Å². The van der Waals surface area contributed by atoms with Crippen molar-refractivity contribution in [1.82, 2.24) is 19.9 Å². The Bertz CT molecular complexity index is 1110. The SMILES string of the molecule is Cc1nc(CN(C)C(=O)c2csc(-c3ccccc3)n2)nc2ccccc12. The fourth-order valence-corrected chi connectivity index (χ4v) is 3.73. The number of aromatic nitrogens is 3. The van der Waals surface area contributed by atoms with E-state index in [0.29, 0.717) is 18.1 Å². The Hall–Kier alpha value is -3.12. The number of hydrogen-bond acceptors (Lipinski definition) is 5. The maximum atomic E-state index is 12.8. The molecule has 0 aliphatic rings. The highest BCUT2D eigenvalue weighted by molar-refractivity contribution is 7.13. The van der Waals surface area contributed by atoms with Crippen molar-refractivity contribution in [2.75, 3.05) is 7.05 Å². The number of hydrogen-bond donors (Lipinski definition) is 0. The van der Waals surface area contributed by atoms with Crippen molar-refractivity contribution in [1.29, 1.82) is 0 Å². The van der Waals surface area contributed by atoms with Gasteiger partial charge >= 0.3 is 0 Å². The molecule has 0 aliphatic carbocycles. The van der Waals surface area contributed by atoms with Gasteiger partial charge < -0.3 is 4.90 Å². The maximum absolute atomic E-state index is 12.8. The van der Waals surface area contributed by atoms with E-state index in [9.17, 15) is 4.79 Å². The fourth-order valence-electron chi connectivity index (χ4n) is 2.93. The third-order valence-corrected chi connectivity index (χ3v) is 5.20. The molecule has 4 aromatic rings.